The summed E-state index contributed by atoms with van der Waals surface area (Å²) in [5.41, 5.74) is 0.244. The van der Waals surface area contributed by atoms with E-state index in [1.165, 1.54) is 12.1 Å². The van der Waals surface area contributed by atoms with Gasteiger partial charge in [0.25, 0.3) is 0 Å². The number of nitrogens with one attached hydrogen (secondary N) is 1. The number of hydrogen-bond donors (Lipinski definition) is 1. The Bertz CT molecular complexity index is 376. The lowest BCUT2D eigenvalue weighted by molar-refractivity contribution is -0.137. The smallest absolute Gasteiger partial charge is 0.381 e. The van der Waals surface area contributed by atoms with Crippen molar-refractivity contribution in [3.8, 4) is 0 Å². The summed E-state index contributed by atoms with van der Waals surface area (Å²) in [6.45, 7) is 6.27. The topological polar surface area (TPSA) is 21.3 Å². The van der Waals surface area contributed by atoms with E-state index in [4.69, 9.17) is 4.74 Å². The molecule has 0 aliphatic carbocycles. The molecule has 1 rings (SSSR count). The van der Waals surface area contributed by atoms with Crippen LogP contribution in [0.4, 0.5) is 13.2 Å². The van der Waals surface area contributed by atoms with Gasteiger partial charge in [-0.15, -0.1) is 0 Å². The number of halogens is 3. The predicted molar refractivity (Wildman–Crippen MR) is 73.6 cm³/mol. The molecule has 0 aromatic heterocycles. The highest BCUT2D eigenvalue weighted by Gasteiger charge is 2.30. The van der Waals surface area contributed by atoms with E-state index in [1.807, 2.05) is 6.92 Å². The third-order valence-electron chi connectivity index (χ3n) is 3.00. The van der Waals surface area contributed by atoms with E-state index in [9.17, 15) is 13.2 Å². The molecule has 0 aliphatic rings. The zero-order chi connectivity index (χ0) is 15.0. The third-order valence-corrected chi connectivity index (χ3v) is 3.00. The second kappa shape index (κ2) is 8.27. The van der Waals surface area contributed by atoms with Crippen molar-refractivity contribution in [2.75, 3.05) is 19.8 Å². The van der Waals surface area contributed by atoms with Crippen LogP contribution in [0.15, 0.2) is 24.3 Å². The monoisotopic (exact) mass is 289 g/mol. The van der Waals surface area contributed by atoms with Crippen molar-refractivity contribution in [2.24, 2.45) is 0 Å². The summed E-state index contributed by atoms with van der Waals surface area (Å²) in [5.74, 6) is 0. The van der Waals surface area contributed by atoms with E-state index in [2.05, 4.69) is 12.2 Å². The largest absolute Gasteiger partial charge is 0.416 e. The van der Waals surface area contributed by atoms with Crippen LogP contribution in [-0.2, 0) is 10.9 Å². The second-order valence-corrected chi connectivity index (χ2v) is 4.76. The minimum Gasteiger partial charge on any atom is -0.381 e. The number of benzene rings is 1. The average Bonchev–Trinajstić information content (AvgIpc) is 2.41. The van der Waals surface area contributed by atoms with Crippen molar-refractivity contribution in [2.45, 2.75) is 38.9 Å². The Labute approximate surface area is 118 Å². The maximum Gasteiger partial charge on any atom is 0.416 e. The Kier molecular flexibility index (Phi) is 7.02. The Morgan fingerprint density at radius 1 is 1.15 bits per heavy atom. The van der Waals surface area contributed by atoms with Gasteiger partial charge in [0.1, 0.15) is 0 Å². The zero-order valence-electron chi connectivity index (χ0n) is 12.0. The fraction of sp³-hybridized carbons (Fsp3) is 0.600. The second-order valence-electron chi connectivity index (χ2n) is 4.76. The standard InChI is InChI=1S/C15H22F3NO/c1-3-10-20-11-4-9-19-12(2)13-5-7-14(8-6-13)15(16,17)18/h5-8,12,19H,3-4,9-11H2,1-2H3. The van der Waals surface area contributed by atoms with Crippen LogP contribution >= 0.6 is 0 Å². The number of rotatable bonds is 8. The van der Waals surface area contributed by atoms with E-state index in [0.717, 1.165) is 43.7 Å². The Morgan fingerprint density at radius 3 is 2.35 bits per heavy atom. The maximum atomic E-state index is 12.4. The van der Waals surface area contributed by atoms with Crippen molar-refractivity contribution in [3.05, 3.63) is 35.4 Å². The minimum atomic E-state index is -4.27. The molecule has 0 heterocycles. The Balaban J connectivity index is 2.34. The summed E-state index contributed by atoms with van der Waals surface area (Å²) in [5, 5.41) is 3.27. The van der Waals surface area contributed by atoms with E-state index in [0.29, 0.717) is 6.61 Å². The van der Waals surface area contributed by atoms with Gasteiger partial charge in [-0.05, 0) is 44.0 Å². The summed E-state index contributed by atoms with van der Waals surface area (Å²) in [6, 6.07) is 5.32. The van der Waals surface area contributed by atoms with Gasteiger partial charge in [-0.25, -0.2) is 0 Å². The van der Waals surface area contributed by atoms with Crippen LogP contribution in [0.3, 0.4) is 0 Å². The van der Waals surface area contributed by atoms with E-state index in [1.54, 1.807) is 0 Å². The van der Waals surface area contributed by atoms with E-state index in [-0.39, 0.29) is 6.04 Å². The summed E-state index contributed by atoms with van der Waals surface area (Å²) in [7, 11) is 0. The van der Waals surface area contributed by atoms with Crippen molar-refractivity contribution >= 4 is 0 Å². The third kappa shape index (κ3) is 5.92. The molecule has 1 aromatic carbocycles. The zero-order valence-corrected chi connectivity index (χ0v) is 12.0. The molecular formula is C15H22F3NO. The number of alkyl halides is 3. The van der Waals surface area contributed by atoms with E-state index >= 15 is 0 Å². The Morgan fingerprint density at radius 2 is 1.80 bits per heavy atom. The molecule has 2 nitrogen and oxygen atoms in total. The molecule has 1 N–H and O–H groups in total. The van der Waals surface area contributed by atoms with Gasteiger partial charge in [0.05, 0.1) is 5.56 Å². The molecule has 1 unspecified atom stereocenters. The van der Waals surface area contributed by atoms with Crippen LogP contribution in [0.1, 0.15) is 43.9 Å². The molecule has 20 heavy (non-hydrogen) atoms. The normalized spacial score (nSPS) is 13.4. The summed E-state index contributed by atoms with van der Waals surface area (Å²) < 4.78 is 42.7. The van der Waals surface area contributed by atoms with Gasteiger partial charge in [0, 0.05) is 19.3 Å². The Hall–Kier alpha value is -1.07. The first-order chi connectivity index (χ1) is 9.45. The lowest BCUT2D eigenvalue weighted by Gasteiger charge is -2.15. The first-order valence-corrected chi connectivity index (χ1v) is 6.93. The molecule has 5 heteroatoms. The molecule has 0 aliphatic heterocycles. The first-order valence-electron chi connectivity index (χ1n) is 6.93. The fourth-order valence-corrected chi connectivity index (χ4v) is 1.82. The van der Waals surface area contributed by atoms with Gasteiger partial charge in [0.15, 0.2) is 0 Å². The molecule has 0 saturated carbocycles. The maximum absolute atomic E-state index is 12.4. The molecule has 0 saturated heterocycles. The molecule has 1 aromatic rings. The molecule has 0 fully saturated rings. The fourth-order valence-electron chi connectivity index (χ4n) is 1.82. The molecule has 0 bridgehead atoms. The molecule has 114 valence electrons. The van der Waals surface area contributed by atoms with Gasteiger partial charge in [-0.1, -0.05) is 19.1 Å². The van der Waals surface area contributed by atoms with Crippen molar-refractivity contribution in [1.29, 1.82) is 0 Å². The average molecular weight is 289 g/mol. The highest BCUT2D eigenvalue weighted by molar-refractivity contribution is 5.26. The van der Waals surface area contributed by atoms with Gasteiger partial charge < -0.3 is 10.1 Å². The highest BCUT2D eigenvalue weighted by Crippen LogP contribution is 2.29. The quantitative estimate of drug-likeness (QED) is 0.725. The van der Waals surface area contributed by atoms with E-state index < -0.39 is 11.7 Å². The predicted octanol–water partition coefficient (Wildman–Crippen LogP) is 4.17. The van der Waals surface area contributed by atoms with Crippen molar-refractivity contribution in [1.82, 2.24) is 5.32 Å². The number of ether oxygens (including phenoxy) is 1. The van der Waals surface area contributed by atoms with Gasteiger partial charge >= 0.3 is 6.18 Å². The van der Waals surface area contributed by atoms with Crippen LogP contribution in [0, 0.1) is 0 Å². The summed E-state index contributed by atoms with van der Waals surface area (Å²) in [6.07, 6.45) is -2.37. The molecule has 0 amide bonds. The van der Waals surface area contributed by atoms with Gasteiger partial charge in [0.2, 0.25) is 0 Å². The van der Waals surface area contributed by atoms with Crippen molar-refractivity contribution in [3.63, 3.8) is 0 Å². The minimum absolute atomic E-state index is 0.0310. The highest BCUT2D eigenvalue weighted by atomic mass is 19.4. The first kappa shape index (κ1) is 17.0. The van der Waals surface area contributed by atoms with Crippen LogP contribution in [0.5, 0.6) is 0 Å². The van der Waals surface area contributed by atoms with Gasteiger partial charge in [-0.3, -0.25) is 0 Å². The lowest BCUT2D eigenvalue weighted by Crippen LogP contribution is -2.21. The molecule has 0 radical (unpaired) electrons. The van der Waals surface area contributed by atoms with Crippen LogP contribution in [0.2, 0.25) is 0 Å². The lowest BCUT2D eigenvalue weighted by atomic mass is 10.1. The summed E-state index contributed by atoms with van der Waals surface area (Å²) >= 11 is 0. The molecular weight excluding hydrogens is 267 g/mol. The molecule has 1 atom stereocenters. The van der Waals surface area contributed by atoms with Crippen LogP contribution in [0.25, 0.3) is 0 Å². The number of hydrogen-bond acceptors (Lipinski definition) is 2. The molecule has 0 spiro atoms. The SMILES string of the molecule is CCCOCCCNC(C)c1ccc(C(F)(F)F)cc1. The van der Waals surface area contributed by atoms with Crippen LogP contribution < -0.4 is 5.32 Å². The van der Waals surface area contributed by atoms with Crippen molar-refractivity contribution < 1.29 is 17.9 Å². The van der Waals surface area contributed by atoms with Gasteiger partial charge in [-0.2, -0.15) is 13.2 Å². The summed E-state index contributed by atoms with van der Waals surface area (Å²) in [4.78, 5) is 0. The van der Waals surface area contributed by atoms with Crippen LogP contribution in [-0.4, -0.2) is 19.8 Å².